The maximum Gasteiger partial charge on any atom is 0.320 e. The topological polar surface area (TPSA) is 98.9 Å². The van der Waals surface area contributed by atoms with Crippen molar-refractivity contribution < 1.29 is 14.0 Å². The highest BCUT2D eigenvalue weighted by Gasteiger charge is 2.42. The lowest BCUT2D eigenvalue weighted by molar-refractivity contribution is 0.102. The van der Waals surface area contributed by atoms with Crippen molar-refractivity contribution in [3.05, 3.63) is 77.6 Å². The van der Waals surface area contributed by atoms with Gasteiger partial charge in [0.2, 0.25) is 0 Å². The van der Waals surface area contributed by atoms with Gasteiger partial charge in [0.15, 0.2) is 0 Å². The molecule has 8 heteroatoms. The van der Waals surface area contributed by atoms with E-state index in [1.807, 2.05) is 6.92 Å². The number of aromatic nitrogens is 2. The highest BCUT2D eigenvalue weighted by atomic mass is 19.1. The van der Waals surface area contributed by atoms with Crippen molar-refractivity contribution in [3.8, 4) is 0 Å². The van der Waals surface area contributed by atoms with Crippen LogP contribution < -0.4 is 16.0 Å². The molecule has 0 unspecified atom stereocenters. The number of urea groups is 1. The maximum absolute atomic E-state index is 13.3. The Hall–Kier alpha value is -3.68. The van der Waals surface area contributed by atoms with Gasteiger partial charge in [-0.2, -0.15) is 0 Å². The first-order valence-corrected chi connectivity index (χ1v) is 9.72. The predicted molar refractivity (Wildman–Crippen MR) is 112 cm³/mol. The van der Waals surface area contributed by atoms with E-state index in [0.717, 1.165) is 30.8 Å². The van der Waals surface area contributed by atoms with Gasteiger partial charge in [0.1, 0.15) is 11.6 Å². The van der Waals surface area contributed by atoms with Gasteiger partial charge in [-0.3, -0.25) is 4.79 Å². The largest absolute Gasteiger partial charge is 0.344 e. The molecular formula is C22H22FN5O2. The Morgan fingerprint density at radius 1 is 1.07 bits per heavy atom. The molecule has 0 spiro atoms. The zero-order valence-electron chi connectivity index (χ0n) is 16.5. The van der Waals surface area contributed by atoms with Gasteiger partial charge in [-0.15, -0.1) is 0 Å². The molecule has 0 radical (unpaired) electrons. The summed E-state index contributed by atoms with van der Waals surface area (Å²) in [6.07, 6.45) is 4.37. The van der Waals surface area contributed by atoms with E-state index in [9.17, 15) is 14.0 Å². The number of hydrogen-bond donors (Lipinski definition) is 4. The first-order chi connectivity index (χ1) is 14.4. The van der Waals surface area contributed by atoms with E-state index >= 15 is 0 Å². The molecule has 1 fully saturated rings. The molecule has 1 aliphatic carbocycles. The Morgan fingerprint density at radius 3 is 2.43 bits per heavy atom. The van der Waals surface area contributed by atoms with Gasteiger partial charge in [0.25, 0.3) is 5.91 Å². The van der Waals surface area contributed by atoms with Crippen LogP contribution in [0.3, 0.4) is 0 Å². The highest BCUT2D eigenvalue weighted by molar-refractivity contribution is 6.05. The summed E-state index contributed by atoms with van der Waals surface area (Å²) >= 11 is 0. The third-order valence-corrected chi connectivity index (χ3v) is 5.18. The Labute approximate surface area is 173 Å². The number of halogens is 1. The smallest absolute Gasteiger partial charge is 0.320 e. The predicted octanol–water partition coefficient (Wildman–Crippen LogP) is 4.31. The third kappa shape index (κ3) is 4.17. The molecule has 1 heterocycles. The molecule has 2 aromatic carbocycles. The van der Waals surface area contributed by atoms with Gasteiger partial charge >= 0.3 is 6.03 Å². The van der Waals surface area contributed by atoms with Gasteiger partial charge < -0.3 is 20.9 Å². The number of benzene rings is 2. The van der Waals surface area contributed by atoms with Gasteiger partial charge in [-0.05, 0) is 62.6 Å². The normalized spacial score (nSPS) is 14.5. The summed E-state index contributed by atoms with van der Waals surface area (Å²) in [5, 5.41) is 8.44. The van der Waals surface area contributed by atoms with Crippen molar-refractivity contribution in [3.63, 3.8) is 0 Å². The van der Waals surface area contributed by atoms with Crippen molar-refractivity contribution in [1.82, 2.24) is 15.3 Å². The fourth-order valence-electron chi connectivity index (χ4n) is 3.49. The molecular weight excluding hydrogens is 385 g/mol. The molecule has 154 valence electrons. The summed E-state index contributed by atoms with van der Waals surface area (Å²) in [6.45, 7) is 1.92. The Bertz CT molecular complexity index is 1090. The average Bonchev–Trinajstić information content (AvgIpc) is 3.11. The Kier molecular flexibility index (Phi) is 5.22. The number of imidazole rings is 1. The molecule has 0 bridgehead atoms. The summed E-state index contributed by atoms with van der Waals surface area (Å²) in [7, 11) is 0. The Morgan fingerprint density at radius 2 is 1.80 bits per heavy atom. The Balaban J connectivity index is 1.42. The van der Waals surface area contributed by atoms with Crippen LogP contribution in [-0.2, 0) is 5.54 Å². The van der Waals surface area contributed by atoms with E-state index in [2.05, 4.69) is 25.9 Å². The number of nitrogens with one attached hydrogen (secondary N) is 4. The van der Waals surface area contributed by atoms with Crippen molar-refractivity contribution in [2.24, 2.45) is 0 Å². The molecule has 4 N–H and O–H groups in total. The summed E-state index contributed by atoms with van der Waals surface area (Å²) in [4.78, 5) is 32.6. The second kappa shape index (κ2) is 7.98. The second-order valence-electron chi connectivity index (χ2n) is 7.47. The molecule has 0 aliphatic heterocycles. The van der Waals surface area contributed by atoms with E-state index in [-0.39, 0.29) is 6.03 Å². The van der Waals surface area contributed by atoms with Crippen molar-refractivity contribution in [2.75, 3.05) is 10.6 Å². The van der Waals surface area contributed by atoms with Gasteiger partial charge in [0.05, 0.1) is 5.54 Å². The number of amides is 3. The van der Waals surface area contributed by atoms with E-state index in [1.54, 1.807) is 36.5 Å². The van der Waals surface area contributed by atoms with E-state index < -0.39 is 17.3 Å². The number of anilines is 2. The standard InChI is InChI=1S/C22H22FN5O2/c1-14-13-24-20(25-14)22(9-4-10-22)28-21(30)27-17-7-2-5-15(11-17)19(29)26-18-8-3-6-16(23)12-18/h2-3,5-8,11-13H,4,9-10H2,1H3,(H,24,25)(H,26,29)(H2,27,28,30). The molecule has 7 nitrogen and oxygen atoms in total. The first-order valence-electron chi connectivity index (χ1n) is 9.72. The van der Waals surface area contributed by atoms with E-state index in [1.165, 1.54) is 18.2 Å². The van der Waals surface area contributed by atoms with E-state index in [0.29, 0.717) is 16.9 Å². The lowest BCUT2D eigenvalue weighted by atomic mass is 9.76. The molecule has 0 atom stereocenters. The van der Waals surface area contributed by atoms with Crippen LogP contribution in [0.4, 0.5) is 20.6 Å². The van der Waals surface area contributed by atoms with Crippen LogP contribution >= 0.6 is 0 Å². The number of carbonyl (C=O) groups is 2. The molecule has 4 rings (SSSR count). The van der Waals surface area contributed by atoms with Crippen molar-refractivity contribution in [2.45, 2.75) is 31.7 Å². The fraction of sp³-hybridized carbons (Fsp3) is 0.227. The highest BCUT2D eigenvalue weighted by Crippen LogP contribution is 2.39. The van der Waals surface area contributed by atoms with Crippen LogP contribution in [0.2, 0.25) is 0 Å². The number of rotatable bonds is 5. The van der Waals surface area contributed by atoms with Crippen molar-refractivity contribution in [1.29, 1.82) is 0 Å². The van der Waals surface area contributed by atoms with Crippen molar-refractivity contribution >= 4 is 23.3 Å². The summed E-state index contributed by atoms with van der Waals surface area (Å²) in [5.41, 5.74) is 1.62. The minimum Gasteiger partial charge on any atom is -0.344 e. The molecule has 1 aromatic heterocycles. The number of aryl methyl sites for hydroxylation is 1. The number of H-pyrrole nitrogens is 1. The first kappa shape index (κ1) is 19.6. The summed E-state index contributed by atoms with van der Waals surface area (Å²) in [6, 6.07) is 11.9. The van der Waals surface area contributed by atoms with Gasteiger partial charge in [-0.1, -0.05) is 12.1 Å². The number of hydrogen-bond acceptors (Lipinski definition) is 3. The van der Waals surface area contributed by atoms with Gasteiger partial charge in [-0.25, -0.2) is 14.2 Å². The number of nitrogens with zero attached hydrogens (tertiary/aromatic N) is 1. The van der Waals surface area contributed by atoms with Crippen LogP contribution in [0.25, 0.3) is 0 Å². The van der Waals surface area contributed by atoms with Crippen LogP contribution in [0, 0.1) is 12.7 Å². The minimum atomic E-state index is -0.495. The molecule has 1 saturated carbocycles. The molecule has 30 heavy (non-hydrogen) atoms. The van der Waals surface area contributed by atoms with Crippen LogP contribution in [0.5, 0.6) is 0 Å². The average molecular weight is 407 g/mol. The SMILES string of the molecule is Cc1cnc(C2(NC(=O)Nc3cccc(C(=O)Nc4cccc(F)c4)c3)CCC2)[nH]1. The molecule has 3 amide bonds. The van der Waals surface area contributed by atoms with Crippen LogP contribution in [0.1, 0.15) is 41.1 Å². The lowest BCUT2D eigenvalue weighted by Crippen LogP contribution is -2.52. The van der Waals surface area contributed by atoms with Crippen LogP contribution in [-0.4, -0.2) is 21.9 Å². The molecule has 3 aromatic rings. The summed E-state index contributed by atoms with van der Waals surface area (Å²) in [5.74, 6) is -0.0765. The summed E-state index contributed by atoms with van der Waals surface area (Å²) < 4.78 is 13.3. The fourth-order valence-corrected chi connectivity index (χ4v) is 3.49. The molecule has 0 saturated heterocycles. The monoisotopic (exact) mass is 407 g/mol. The third-order valence-electron chi connectivity index (χ3n) is 5.18. The quantitative estimate of drug-likeness (QED) is 0.507. The molecule has 1 aliphatic rings. The number of aromatic amines is 1. The van der Waals surface area contributed by atoms with Gasteiger partial charge in [0, 0.05) is 28.8 Å². The maximum atomic E-state index is 13.3. The van der Waals surface area contributed by atoms with E-state index in [4.69, 9.17) is 0 Å². The zero-order valence-corrected chi connectivity index (χ0v) is 16.5. The number of carbonyl (C=O) groups excluding carboxylic acids is 2. The minimum absolute atomic E-state index is 0.345. The van der Waals surface area contributed by atoms with Crippen LogP contribution in [0.15, 0.2) is 54.7 Å². The zero-order chi connectivity index (χ0) is 21.1. The second-order valence-corrected chi connectivity index (χ2v) is 7.47. The lowest BCUT2D eigenvalue weighted by Gasteiger charge is -2.40.